The maximum absolute atomic E-state index is 14.5. The molecule has 2 aromatic carbocycles. The maximum atomic E-state index is 14.5. The van der Waals surface area contributed by atoms with Crippen molar-refractivity contribution in [3.8, 4) is 41.6 Å². The van der Waals surface area contributed by atoms with E-state index in [-0.39, 0.29) is 53.4 Å². The van der Waals surface area contributed by atoms with Crippen molar-refractivity contribution in [3.05, 3.63) is 94.4 Å². The van der Waals surface area contributed by atoms with Crippen LogP contribution in [0, 0.1) is 23.6 Å². The van der Waals surface area contributed by atoms with Crippen LogP contribution in [0.4, 0.5) is 54.8 Å². The van der Waals surface area contributed by atoms with Crippen LogP contribution in [0.5, 0.6) is 29.3 Å². The molecule has 0 unspecified atom stereocenters. The number of sulfonamides is 2. The van der Waals surface area contributed by atoms with Gasteiger partial charge in [0.25, 0.3) is 31.9 Å². The zero-order valence-corrected chi connectivity index (χ0v) is 46.6. The molecule has 2 aliphatic heterocycles. The minimum absolute atomic E-state index is 0.0913. The maximum Gasteiger partial charge on any atom is 0.388 e. The van der Waals surface area contributed by atoms with E-state index in [0.29, 0.717) is 22.3 Å². The Labute approximate surface area is 476 Å². The Morgan fingerprint density at radius 1 is 0.857 bits per heavy atom. The topological polar surface area (TPSA) is 369 Å². The molecule has 0 radical (unpaired) electrons. The van der Waals surface area contributed by atoms with Gasteiger partial charge in [0.05, 0.1) is 49.7 Å². The van der Waals surface area contributed by atoms with Crippen LogP contribution in [0.15, 0.2) is 81.8 Å². The second-order valence-electron chi connectivity index (χ2n) is 17.5. The Morgan fingerprint density at radius 3 is 1.98 bits per heavy atom. The van der Waals surface area contributed by atoms with E-state index in [1.165, 1.54) is 103 Å². The number of terminal acetylenes is 1. The Bertz CT molecular complexity index is 3800. The van der Waals surface area contributed by atoms with E-state index in [0.717, 1.165) is 30.9 Å². The first-order chi connectivity index (χ1) is 39.5. The van der Waals surface area contributed by atoms with E-state index in [1.54, 1.807) is 10.0 Å². The summed E-state index contributed by atoms with van der Waals surface area (Å²) in [6.07, 6.45) is 7.41. The summed E-state index contributed by atoms with van der Waals surface area (Å²) >= 11 is 1.24. The number of hydrogen-bond acceptors (Lipinski definition) is 22. The van der Waals surface area contributed by atoms with E-state index >= 15 is 0 Å². The van der Waals surface area contributed by atoms with Crippen LogP contribution in [0.3, 0.4) is 0 Å². The lowest BCUT2D eigenvalue weighted by atomic mass is 9.92. The number of hydrogen-bond donors (Lipinski definition) is 5. The summed E-state index contributed by atoms with van der Waals surface area (Å²) in [6, 6.07) is 8.88. The van der Waals surface area contributed by atoms with Crippen molar-refractivity contribution < 1.29 is 91.6 Å². The summed E-state index contributed by atoms with van der Waals surface area (Å²) in [4.78, 5) is 84.3. The number of nitrogens with one attached hydrogen (secondary N) is 4. The molecule has 0 spiro atoms. The number of carboxylic acids is 1. The highest BCUT2D eigenvalue weighted by Gasteiger charge is 2.32. The van der Waals surface area contributed by atoms with Gasteiger partial charge in [0, 0.05) is 50.9 Å². The third-order valence-corrected chi connectivity index (χ3v) is 14.1. The van der Waals surface area contributed by atoms with E-state index in [4.69, 9.17) is 25.7 Å². The standard InChI is InChI=1S/C18H17FN4O2S.C15H18N6O6S.C14H10F4N4O7S/c1-4-5-22-13-7-12(11(19)6-14(13)25-9-16(22)24)20-17-23-10-18(2,3)8-15(23)21-26-17;1-21(2)13(22)9-6-5-7-16-12(9)28(24,25)20-15(23)19-14-17-10(26-3)8-11(18-14)27-4;15-11(16)28-8-5-9(29-12(17)18)20-13(19-8)21-14(25)22-30(26,27)7-4-2-1-3-6(7)10(23)24/h1,6-7H,5,8-10H2,2-3H3;5-8H,1-4H3,(H2,17,18,19,20,23);1-5,11-12H,(H,23,24)(H2,19,20,21,22,25)/b20-17-;;. The van der Waals surface area contributed by atoms with Gasteiger partial charge in [-0.2, -0.15) is 50.3 Å². The molecule has 84 heavy (non-hydrogen) atoms. The number of methoxy groups -OCH3 is 2. The second kappa shape index (κ2) is 26.8. The predicted octanol–water partition coefficient (Wildman–Crippen LogP) is 4.25. The number of anilines is 3. The quantitative estimate of drug-likeness (QED) is 0.0668. The lowest BCUT2D eigenvalue weighted by Gasteiger charge is -2.28. The first kappa shape index (κ1) is 63.4. The molecule has 0 fully saturated rings. The average Bonchev–Trinajstić information content (AvgIpc) is 3.92. The van der Waals surface area contributed by atoms with Crippen LogP contribution in [0.25, 0.3) is 0 Å². The third-order valence-electron chi connectivity index (χ3n) is 10.6. The number of pyridine rings is 1. The lowest BCUT2D eigenvalue weighted by molar-refractivity contribution is -0.121. The number of carbonyl (C=O) groups excluding carboxylic acids is 4. The van der Waals surface area contributed by atoms with Crippen molar-refractivity contribution in [1.82, 2.24) is 48.2 Å². The highest BCUT2D eigenvalue weighted by molar-refractivity contribution is 7.90. The summed E-state index contributed by atoms with van der Waals surface area (Å²) in [6.45, 7) is -1.76. The number of aromatic carboxylic acids is 1. The fourth-order valence-electron chi connectivity index (χ4n) is 7.17. The Kier molecular flexibility index (Phi) is 20.2. The fraction of sp³-hybridized carbons (Fsp3) is 0.277. The van der Waals surface area contributed by atoms with Crippen molar-refractivity contribution in [2.24, 2.45) is 10.4 Å². The van der Waals surface area contributed by atoms with Gasteiger partial charge in [-0.05, 0) is 35.7 Å². The van der Waals surface area contributed by atoms with Crippen LogP contribution in [0.1, 0.15) is 40.4 Å². The van der Waals surface area contributed by atoms with Gasteiger partial charge in [-0.15, -0.1) is 6.42 Å². The van der Waals surface area contributed by atoms with Crippen LogP contribution in [-0.4, -0.2) is 145 Å². The molecule has 5 N–H and O–H groups in total. The van der Waals surface area contributed by atoms with Crippen LogP contribution >= 0.6 is 11.5 Å². The summed E-state index contributed by atoms with van der Waals surface area (Å²) in [5.74, 6) is -2.19. The molecule has 37 heteroatoms. The highest BCUT2D eigenvalue weighted by Crippen LogP contribution is 2.38. The van der Waals surface area contributed by atoms with Gasteiger partial charge in [-0.1, -0.05) is 31.9 Å². The molecule has 6 heterocycles. The first-order valence-electron chi connectivity index (χ1n) is 23.3. The minimum Gasteiger partial charge on any atom is -0.481 e. The lowest BCUT2D eigenvalue weighted by Crippen LogP contribution is -2.39. The minimum atomic E-state index is -4.71. The normalized spacial score (nSPS) is 13.3. The smallest absolute Gasteiger partial charge is 0.388 e. The number of benzene rings is 2. The number of halogens is 5. The zero-order valence-electron chi connectivity index (χ0n) is 44.2. The number of carboxylic acid groups (broad SMARTS) is 1. The molecule has 8 rings (SSSR count). The summed E-state index contributed by atoms with van der Waals surface area (Å²) in [5.41, 5.74) is -0.154. The molecule has 0 bridgehead atoms. The Balaban J connectivity index is 0.000000202. The van der Waals surface area contributed by atoms with E-state index in [2.05, 4.69) is 68.8 Å². The largest absolute Gasteiger partial charge is 0.481 e. The van der Waals surface area contributed by atoms with Crippen molar-refractivity contribution in [3.63, 3.8) is 0 Å². The van der Waals surface area contributed by atoms with Gasteiger partial charge in [0.15, 0.2) is 17.5 Å². The molecule has 6 aromatic rings. The zero-order chi connectivity index (χ0) is 61.8. The monoisotopic (exact) mass is 1240 g/mol. The van der Waals surface area contributed by atoms with E-state index in [9.17, 15) is 62.8 Å². The number of ether oxygens (including phenoxy) is 5. The molecule has 0 saturated carbocycles. The van der Waals surface area contributed by atoms with Crippen LogP contribution < -0.4 is 53.5 Å². The molecular formula is C47H45F5N14O15S3. The third kappa shape index (κ3) is 16.4. The second-order valence-corrected chi connectivity index (χ2v) is 21.5. The number of alkyl halides is 4. The van der Waals surface area contributed by atoms with Crippen molar-refractivity contribution in [2.75, 3.05) is 57.0 Å². The van der Waals surface area contributed by atoms with E-state index < -0.39 is 96.2 Å². The highest BCUT2D eigenvalue weighted by atomic mass is 32.2. The Morgan fingerprint density at radius 2 is 1.42 bits per heavy atom. The number of carbonyl (C=O) groups is 5. The van der Waals surface area contributed by atoms with Gasteiger partial charge < -0.3 is 38.3 Å². The molecule has 0 aliphatic carbocycles. The van der Waals surface area contributed by atoms with Gasteiger partial charge in [-0.3, -0.25) is 25.1 Å². The predicted molar refractivity (Wildman–Crippen MR) is 281 cm³/mol. The average molecular weight is 1240 g/mol. The molecular weight excluding hydrogens is 1190 g/mol. The molecule has 6 amide bonds. The molecule has 0 atom stereocenters. The number of nitrogens with zero attached hydrogens (tertiary/aromatic N) is 10. The molecule has 2 aliphatic rings. The summed E-state index contributed by atoms with van der Waals surface area (Å²) in [5, 5.41) is 12.3. The number of urea groups is 2. The first-order valence-corrected chi connectivity index (χ1v) is 27.0. The van der Waals surface area contributed by atoms with Gasteiger partial charge >= 0.3 is 31.3 Å². The fourth-order valence-corrected chi connectivity index (χ4v) is 10.1. The summed E-state index contributed by atoms with van der Waals surface area (Å²) in [7, 11) is -3.56. The number of aromatic nitrogens is 7. The van der Waals surface area contributed by atoms with Crippen molar-refractivity contribution >= 4 is 84.7 Å². The molecule has 0 saturated heterocycles. The van der Waals surface area contributed by atoms with Crippen molar-refractivity contribution in [1.29, 1.82) is 0 Å². The SMILES string of the molecule is C#CCN1C(=O)COc2cc(F)c(/N=c3\snc4n3CC(C)(C)C4)cc21.COc1cc(OC)nc(NC(=O)NS(=O)(=O)c2ncccc2C(=O)N(C)C)n1.O=C(Nc1nc(OC(F)F)cc(OC(F)F)n1)NS(=O)(=O)c1ccccc1C(=O)O. The molecule has 446 valence electrons. The summed E-state index contributed by atoms with van der Waals surface area (Å²) < 4.78 is 146. The van der Waals surface area contributed by atoms with Gasteiger partial charge in [0.1, 0.15) is 22.2 Å². The number of amides is 6. The molecule has 4 aromatic heterocycles. The van der Waals surface area contributed by atoms with Crippen LogP contribution in [-0.2, 0) is 37.8 Å². The van der Waals surface area contributed by atoms with Gasteiger partial charge in [-0.25, -0.2) is 46.6 Å². The van der Waals surface area contributed by atoms with E-state index in [1.807, 2.05) is 4.57 Å². The Hall–Kier alpha value is -9.83. The van der Waals surface area contributed by atoms with Crippen molar-refractivity contribution in [2.45, 2.75) is 50.0 Å². The van der Waals surface area contributed by atoms with Crippen LogP contribution in [0.2, 0.25) is 0 Å². The van der Waals surface area contributed by atoms with Gasteiger partial charge in [0.2, 0.25) is 40.2 Å². The molecule has 29 nitrogen and oxygen atoms in total. The number of fused-ring (bicyclic) bond motifs is 2. The number of rotatable bonds is 16.